The van der Waals surface area contributed by atoms with Crippen LogP contribution in [0.2, 0.25) is 0 Å². The van der Waals surface area contributed by atoms with E-state index in [0.717, 1.165) is 26.2 Å². The highest BCUT2D eigenvalue weighted by molar-refractivity contribution is 7.89. The monoisotopic (exact) mass is 601 g/mol. The molecule has 0 aliphatic carbocycles. The molecule has 1 N–H and O–H groups in total. The third kappa shape index (κ3) is 8.21. The largest absolute Gasteiger partial charge is 0.497 e. The number of nitrogens with one attached hydrogen (secondary N) is 1. The fourth-order valence-corrected chi connectivity index (χ4v) is 6.00. The van der Waals surface area contributed by atoms with Crippen molar-refractivity contribution in [3.05, 3.63) is 108 Å². The molecule has 0 radical (unpaired) electrons. The molecule has 2 amide bonds. The smallest absolute Gasteiger partial charge is 0.243 e. The second-order valence-corrected chi connectivity index (χ2v) is 13.6. The number of carbonyl (C=O) groups is 2. The van der Waals surface area contributed by atoms with Crippen LogP contribution in [0.25, 0.3) is 10.8 Å². The van der Waals surface area contributed by atoms with E-state index in [0.29, 0.717) is 5.75 Å². The van der Waals surface area contributed by atoms with Crippen LogP contribution < -0.4 is 10.1 Å². The van der Waals surface area contributed by atoms with Crippen LogP contribution in [0.3, 0.4) is 0 Å². The van der Waals surface area contributed by atoms with Gasteiger partial charge < -0.3 is 15.0 Å². The molecule has 0 bridgehead atoms. The first kappa shape index (κ1) is 31.7. The maximum absolute atomic E-state index is 14.1. The van der Waals surface area contributed by atoms with Gasteiger partial charge in [0.15, 0.2) is 0 Å². The number of likely N-dealkylation sites (N-methyl/N-ethyl adjacent to an activating group) is 1. The molecule has 0 saturated carbocycles. The number of rotatable bonds is 11. The van der Waals surface area contributed by atoms with Crippen molar-refractivity contribution in [3.63, 3.8) is 0 Å². The summed E-state index contributed by atoms with van der Waals surface area (Å²) in [6, 6.07) is 28.2. The van der Waals surface area contributed by atoms with Crippen molar-refractivity contribution < 1.29 is 22.7 Å². The Morgan fingerprint density at radius 2 is 1.49 bits per heavy atom. The molecule has 0 unspecified atom stereocenters. The van der Waals surface area contributed by atoms with Gasteiger partial charge in [0.2, 0.25) is 21.8 Å². The van der Waals surface area contributed by atoms with Crippen molar-refractivity contribution in [2.24, 2.45) is 0 Å². The standard InChI is InChI=1S/C34H39N3O5S/c1-34(2,3)35-33(39)31(21-25-12-7-6-8-13-25)37(23-26-14-11-17-29(20-26)42-5)32(38)24-36(4)43(40,41)30-19-18-27-15-9-10-16-28(27)22-30/h6-20,22,31H,21,23-24H2,1-5H3,(H,35,39)/t31-/m0/s1. The van der Waals surface area contributed by atoms with Crippen molar-refractivity contribution in [3.8, 4) is 5.75 Å². The van der Waals surface area contributed by atoms with E-state index in [4.69, 9.17) is 4.74 Å². The van der Waals surface area contributed by atoms with Crippen molar-refractivity contribution in [1.82, 2.24) is 14.5 Å². The summed E-state index contributed by atoms with van der Waals surface area (Å²) >= 11 is 0. The topological polar surface area (TPSA) is 96.0 Å². The third-order valence-corrected chi connectivity index (χ3v) is 8.84. The predicted molar refractivity (Wildman–Crippen MR) is 169 cm³/mol. The second kappa shape index (κ2) is 13.4. The number of ether oxygens (including phenoxy) is 1. The Morgan fingerprint density at radius 1 is 0.837 bits per heavy atom. The van der Waals surface area contributed by atoms with Crippen molar-refractivity contribution in [1.29, 1.82) is 0 Å². The van der Waals surface area contributed by atoms with Gasteiger partial charge in [0.05, 0.1) is 18.6 Å². The van der Waals surface area contributed by atoms with Gasteiger partial charge >= 0.3 is 0 Å². The SMILES string of the molecule is COc1cccc(CN(C(=O)CN(C)S(=O)(=O)c2ccc3ccccc3c2)[C@@H](Cc2ccccc2)C(=O)NC(C)(C)C)c1. The zero-order valence-electron chi connectivity index (χ0n) is 25.3. The molecule has 0 spiro atoms. The van der Waals surface area contributed by atoms with E-state index in [1.807, 2.05) is 87.5 Å². The van der Waals surface area contributed by atoms with E-state index in [9.17, 15) is 18.0 Å². The molecular weight excluding hydrogens is 562 g/mol. The minimum absolute atomic E-state index is 0.0783. The number of amides is 2. The molecule has 43 heavy (non-hydrogen) atoms. The van der Waals surface area contributed by atoms with Crippen molar-refractivity contribution in [2.45, 2.75) is 50.2 Å². The van der Waals surface area contributed by atoms with E-state index >= 15 is 0 Å². The molecule has 226 valence electrons. The number of nitrogens with zero attached hydrogens (tertiary/aromatic N) is 2. The molecule has 8 nitrogen and oxygen atoms in total. The first-order valence-corrected chi connectivity index (χ1v) is 15.5. The second-order valence-electron chi connectivity index (χ2n) is 11.6. The Morgan fingerprint density at radius 3 is 2.16 bits per heavy atom. The van der Waals surface area contributed by atoms with Crippen LogP contribution in [0.15, 0.2) is 102 Å². The normalized spacial score (nSPS) is 12.6. The van der Waals surface area contributed by atoms with Crippen LogP contribution in [0.5, 0.6) is 5.75 Å². The first-order chi connectivity index (χ1) is 20.4. The quantitative estimate of drug-likeness (QED) is 0.260. The van der Waals surface area contributed by atoms with Gasteiger partial charge in [0.25, 0.3) is 0 Å². The van der Waals surface area contributed by atoms with Gasteiger partial charge in [-0.25, -0.2) is 8.42 Å². The van der Waals surface area contributed by atoms with Crippen molar-refractivity contribution in [2.75, 3.05) is 20.7 Å². The van der Waals surface area contributed by atoms with E-state index in [-0.39, 0.29) is 23.8 Å². The van der Waals surface area contributed by atoms with E-state index in [1.54, 1.807) is 37.4 Å². The van der Waals surface area contributed by atoms with Gasteiger partial charge in [0, 0.05) is 25.6 Å². The highest BCUT2D eigenvalue weighted by Crippen LogP contribution is 2.23. The molecule has 0 saturated heterocycles. The van der Waals surface area contributed by atoms with Crippen LogP contribution >= 0.6 is 0 Å². The van der Waals surface area contributed by atoms with Crippen LogP contribution in [-0.2, 0) is 32.6 Å². The molecule has 4 rings (SSSR count). The molecule has 0 aliphatic heterocycles. The summed E-state index contributed by atoms with van der Waals surface area (Å²) in [4.78, 5) is 29.5. The van der Waals surface area contributed by atoms with Crippen LogP contribution in [0.4, 0.5) is 0 Å². The lowest BCUT2D eigenvalue weighted by Crippen LogP contribution is -2.56. The molecule has 0 aromatic heterocycles. The average Bonchev–Trinajstić information content (AvgIpc) is 2.98. The summed E-state index contributed by atoms with van der Waals surface area (Å²) in [5.41, 5.74) is 1.07. The number of benzene rings is 4. The lowest BCUT2D eigenvalue weighted by atomic mass is 10.0. The lowest BCUT2D eigenvalue weighted by Gasteiger charge is -2.34. The minimum atomic E-state index is -4.01. The molecule has 4 aromatic carbocycles. The van der Waals surface area contributed by atoms with Crippen LogP contribution in [-0.4, -0.2) is 61.7 Å². The molecule has 0 heterocycles. The van der Waals surface area contributed by atoms with Gasteiger partial charge in [-0.1, -0.05) is 72.8 Å². The highest BCUT2D eigenvalue weighted by atomic mass is 32.2. The molecule has 0 fully saturated rings. The lowest BCUT2D eigenvalue weighted by molar-refractivity contribution is -0.141. The Kier molecular flexibility index (Phi) is 9.88. The highest BCUT2D eigenvalue weighted by Gasteiger charge is 2.34. The predicted octanol–water partition coefficient (Wildman–Crippen LogP) is 5.02. The Hall–Kier alpha value is -4.21. The number of hydrogen-bond acceptors (Lipinski definition) is 5. The summed E-state index contributed by atoms with van der Waals surface area (Å²) in [6.07, 6.45) is 0.250. The fourth-order valence-electron chi connectivity index (χ4n) is 4.85. The minimum Gasteiger partial charge on any atom is -0.497 e. The molecule has 9 heteroatoms. The Labute approximate surface area is 254 Å². The molecular formula is C34H39N3O5S. The van der Waals surface area contributed by atoms with Gasteiger partial charge in [-0.3, -0.25) is 9.59 Å². The molecule has 0 aliphatic rings. The number of fused-ring (bicyclic) bond motifs is 1. The summed E-state index contributed by atoms with van der Waals surface area (Å²) in [7, 11) is -1.07. The van der Waals surface area contributed by atoms with E-state index < -0.39 is 34.1 Å². The maximum atomic E-state index is 14.1. The van der Waals surface area contributed by atoms with Crippen LogP contribution in [0, 0.1) is 0 Å². The third-order valence-electron chi connectivity index (χ3n) is 7.04. The number of methoxy groups -OCH3 is 1. The first-order valence-electron chi connectivity index (χ1n) is 14.1. The van der Waals surface area contributed by atoms with Gasteiger partial charge in [-0.05, 0) is 66.9 Å². The maximum Gasteiger partial charge on any atom is 0.243 e. The molecule has 1 atom stereocenters. The zero-order chi connectivity index (χ0) is 31.2. The number of sulfonamides is 1. The average molecular weight is 602 g/mol. The van der Waals surface area contributed by atoms with Gasteiger partial charge in [-0.15, -0.1) is 0 Å². The fraction of sp³-hybridized carbons (Fsp3) is 0.294. The Bertz CT molecular complexity index is 1680. The molecule has 4 aromatic rings. The number of hydrogen-bond donors (Lipinski definition) is 1. The summed E-state index contributed by atoms with van der Waals surface area (Å²) in [5, 5.41) is 4.72. The van der Waals surface area contributed by atoms with Crippen molar-refractivity contribution >= 4 is 32.6 Å². The summed E-state index contributed by atoms with van der Waals surface area (Å²) in [6.45, 7) is 5.26. The summed E-state index contributed by atoms with van der Waals surface area (Å²) in [5.74, 6) is -0.216. The van der Waals surface area contributed by atoms with E-state index in [2.05, 4.69) is 5.32 Å². The van der Waals surface area contributed by atoms with E-state index in [1.165, 1.54) is 11.9 Å². The zero-order valence-corrected chi connectivity index (χ0v) is 26.1. The van der Waals surface area contributed by atoms with Gasteiger partial charge in [0.1, 0.15) is 11.8 Å². The summed E-state index contributed by atoms with van der Waals surface area (Å²) < 4.78 is 33.7. The van der Waals surface area contributed by atoms with Gasteiger partial charge in [-0.2, -0.15) is 4.31 Å². The Balaban J connectivity index is 1.70. The number of carbonyl (C=O) groups excluding carboxylic acids is 2. The van der Waals surface area contributed by atoms with Crippen LogP contribution in [0.1, 0.15) is 31.9 Å².